The first-order chi connectivity index (χ1) is 3.91. The molecule has 0 aromatic rings. The summed E-state index contributed by atoms with van der Waals surface area (Å²) < 4.78 is 0. The first kappa shape index (κ1) is 11.6. The third kappa shape index (κ3) is 11.4. The van der Waals surface area contributed by atoms with Crippen molar-refractivity contribution in [1.29, 1.82) is 0 Å². The second-order valence-corrected chi connectivity index (χ2v) is 0.769. The summed E-state index contributed by atoms with van der Waals surface area (Å²) in [6.45, 7) is 0. The molecule has 34 valence electrons. The fourth-order valence-electron chi connectivity index (χ4n) is 0.130. The predicted octanol–water partition coefficient (Wildman–Crippen LogP) is -2.78. The molecule has 0 saturated carbocycles. The van der Waals surface area contributed by atoms with Crippen molar-refractivity contribution >= 4 is 0 Å². The van der Waals surface area contributed by atoms with Gasteiger partial charge in [0, 0.05) is 0 Å². The smallest absolute Gasteiger partial charge is 0.358 e. The van der Waals surface area contributed by atoms with Crippen molar-refractivity contribution < 1.29 is 51.4 Å². The summed E-state index contributed by atoms with van der Waals surface area (Å²) in [4.78, 5) is 0. The quantitative estimate of drug-likeness (QED) is 0.192. The molecular formula is C8HK. The maximum atomic E-state index is 6.30. The van der Waals surface area contributed by atoms with E-state index in [4.69, 9.17) is 12.8 Å². The minimum Gasteiger partial charge on any atom is -0.358 e. The molecule has 0 fully saturated rings. The van der Waals surface area contributed by atoms with Crippen LogP contribution in [0.25, 0.3) is 0 Å². The Morgan fingerprint density at radius 2 is 1.56 bits per heavy atom. The first-order valence-corrected chi connectivity index (χ1v) is 1.79. The number of hydrogen-bond donors (Lipinski definition) is 0. The van der Waals surface area contributed by atoms with Gasteiger partial charge in [-0.25, -0.2) is 5.92 Å². The van der Waals surface area contributed by atoms with Crippen LogP contribution < -0.4 is 51.4 Å². The van der Waals surface area contributed by atoms with Gasteiger partial charge in [0.2, 0.25) is 0 Å². The number of hydrogen-bond acceptors (Lipinski definition) is 0. The average Bonchev–Trinajstić information content (AvgIpc) is 1.81. The molecule has 0 N–H and O–H groups in total. The van der Waals surface area contributed by atoms with Crippen LogP contribution in [0.3, 0.4) is 0 Å². The summed E-state index contributed by atoms with van der Waals surface area (Å²) in [5.74, 6) is 13.0. The maximum Gasteiger partial charge on any atom is 1.00 e. The molecule has 9 heavy (non-hydrogen) atoms. The zero-order chi connectivity index (χ0) is 6.24. The molecule has 0 unspecified atom stereocenters. The minimum absolute atomic E-state index is 0. The van der Waals surface area contributed by atoms with Gasteiger partial charge in [0.25, 0.3) is 0 Å². The van der Waals surface area contributed by atoms with Crippen molar-refractivity contribution in [3.05, 3.63) is 6.42 Å². The Hall–Kier alpha value is -0.124. The van der Waals surface area contributed by atoms with E-state index >= 15 is 0 Å². The molecule has 0 aliphatic carbocycles. The molecule has 0 heterocycles. The van der Waals surface area contributed by atoms with E-state index in [0.717, 1.165) is 0 Å². The zero-order valence-corrected chi connectivity index (χ0v) is 8.20. The monoisotopic (exact) mass is 136 g/mol. The summed E-state index contributed by atoms with van der Waals surface area (Å²) in [5, 5.41) is 0. The van der Waals surface area contributed by atoms with Crippen LogP contribution in [0, 0.1) is 48.4 Å². The van der Waals surface area contributed by atoms with E-state index in [1.165, 1.54) is 0 Å². The fraction of sp³-hybridized carbons (Fsp3) is 0. The van der Waals surface area contributed by atoms with Crippen LogP contribution in [0.2, 0.25) is 0 Å². The zero-order valence-electron chi connectivity index (χ0n) is 5.08. The fourth-order valence-corrected chi connectivity index (χ4v) is 0.130. The molecule has 0 aliphatic heterocycles. The maximum absolute atomic E-state index is 6.30. The van der Waals surface area contributed by atoms with Crippen molar-refractivity contribution in [1.82, 2.24) is 0 Å². The van der Waals surface area contributed by atoms with Crippen molar-refractivity contribution in [2.24, 2.45) is 0 Å². The van der Waals surface area contributed by atoms with Gasteiger partial charge in [-0.2, -0.15) is 0 Å². The van der Waals surface area contributed by atoms with Gasteiger partial charge >= 0.3 is 51.4 Å². The van der Waals surface area contributed by atoms with Gasteiger partial charge in [-0.3, -0.25) is 5.92 Å². The van der Waals surface area contributed by atoms with E-state index in [-0.39, 0.29) is 51.4 Å². The largest absolute Gasteiger partial charge is 1.00 e. The van der Waals surface area contributed by atoms with Crippen molar-refractivity contribution in [3.63, 3.8) is 0 Å². The third-order valence-corrected chi connectivity index (χ3v) is 0.322. The van der Waals surface area contributed by atoms with E-state index in [9.17, 15) is 0 Å². The predicted molar refractivity (Wildman–Crippen MR) is 31.5 cm³/mol. The van der Waals surface area contributed by atoms with Crippen LogP contribution in [-0.4, -0.2) is 0 Å². The molecule has 0 rings (SSSR count). The first-order valence-electron chi connectivity index (χ1n) is 1.79. The third-order valence-electron chi connectivity index (χ3n) is 0.322. The van der Waals surface area contributed by atoms with Crippen LogP contribution >= 0.6 is 0 Å². The van der Waals surface area contributed by atoms with E-state index in [0.29, 0.717) is 0 Å². The SMILES string of the molecule is [C-]#CC#CC#CC#C.[K+]. The standard InChI is InChI=1S/C8H.K/c1-3-5-7-8-6-4-2;/h1H;/q-1;+1. The second-order valence-electron chi connectivity index (χ2n) is 0.769. The summed E-state index contributed by atoms with van der Waals surface area (Å²) in [5.41, 5.74) is 0. The molecule has 0 spiro atoms. The molecule has 0 aliphatic rings. The Morgan fingerprint density at radius 3 is 2.00 bits per heavy atom. The second kappa shape index (κ2) is 10.8. The Bertz CT molecular complexity index is 221. The van der Waals surface area contributed by atoms with E-state index < -0.39 is 0 Å². The van der Waals surface area contributed by atoms with E-state index in [1.54, 1.807) is 0 Å². The molecular weight excluding hydrogens is 135 g/mol. The van der Waals surface area contributed by atoms with Crippen molar-refractivity contribution in [2.75, 3.05) is 0 Å². The van der Waals surface area contributed by atoms with Crippen LogP contribution in [0.5, 0.6) is 0 Å². The summed E-state index contributed by atoms with van der Waals surface area (Å²) >= 11 is 0. The van der Waals surface area contributed by atoms with Crippen LogP contribution in [0.1, 0.15) is 0 Å². The normalized spacial score (nSPS) is 2.89. The van der Waals surface area contributed by atoms with Crippen molar-refractivity contribution in [2.45, 2.75) is 0 Å². The molecule has 0 aromatic heterocycles. The van der Waals surface area contributed by atoms with E-state index in [2.05, 4.69) is 29.6 Å². The molecule has 0 bridgehead atoms. The van der Waals surface area contributed by atoms with Gasteiger partial charge in [0.15, 0.2) is 0 Å². The van der Waals surface area contributed by atoms with Gasteiger partial charge in [0.05, 0.1) is 0 Å². The van der Waals surface area contributed by atoms with Crippen LogP contribution in [0.4, 0.5) is 0 Å². The Kier molecular flexibility index (Phi) is 14.0. The topological polar surface area (TPSA) is 0 Å². The summed E-state index contributed by atoms with van der Waals surface area (Å²) in [6, 6.07) is 0. The molecule has 0 aromatic carbocycles. The Morgan fingerprint density at radius 1 is 1.00 bits per heavy atom. The Labute approximate surface area is 98.2 Å². The minimum atomic E-state index is 0. The molecule has 1 heteroatoms. The average molecular weight is 136 g/mol. The van der Waals surface area contributed by atoms with Gasteiger partial charge in [-0.1, -0.05) is 0 Å². The number of rotatable bonds is 0. The molecule has 0 atom stereocenters. The van der Waals surface area contributed by atoms with Crippen LogP contribution in [-0.2, 0) is 0 Å². The number of terminal acetylenes is 1. The van der Waals surface area contributed by atoms with Gasteiger partial charge in [0.1, 0.15) is 0 Å². The van der Waals surface area contributed by atoms with E-state index in [1.807, 2.05) is 5.92 Å². The van der Waals surface area contributed by atoms with Gasteiger partial charge in [-0.05, 0) is 17.8 Å². The summed E-state index contributed by atoms with van der Waals surface area (Å²) in [6.07, 6.45) is 11.0. The Balaban J connectivity index is 0. The molecule has 0 amide bonds. The molecule has 0 nitrogen and oxygen atoms in total. The molecule has 0 saturated heterocycles. The van der Waals surface area contributed by atoms with Gasteiger partial charge in [-0.15, -0.1) is 12.3 Å². The van der Waals surface area contributed by atoms with Crippen molar-refractivity contribution in [3.8, 4) is 41.9 Å². The molecule has 0 radical (unpaired) electrons. The van der Waals surface area contributed by atoms with Crippen LogP contribution in [0.15, 0.2) is 0 Å². The summed E-state index contributed by atoms with van der Waals surface area (Å²) in [7, 11) is 0. The van der Waals surface area contributed by atoms with Gasteiger partial charge < -0.3 is 6.42 Å².